The van der Waals surface area contributed by atoms with Crippen molar-refractivity contribution >= 4 is 51.6 Å². The SMILES string of the molecule is COc1ccc(C=CC(=O)NC(=S)Nc2sc(Cc3ccccc3)c(C)c2C(N)=O)cc1OC. The van der Waals surface area contributed by atoms with Crippen molar-refractivity contribution in [2.45, 2.75) is 13.3 Å². The van der Waals surface area contributed by atoms with Gasteiger partial charge in [-0.2, -0.15) is 0 Å². The molecule has 0 fully saturated rings. The van der Waals surface area contributed by atoms with Crippen LogP contribution in [0.1, 0.15) is 31.9 Å². The third-order valence-electron chi connectivity index (χ3n) is 5.00. The Labute approximate surface area is 207 Å². The Morgan fingerprint density at radius 3 is 2.44 bits per heavy atom. The Morgan fingerprint density at radius 2 is 1.79 bits per heavy atom. The molecule has 0 spiro atoms. The van der Waals surface area contributed by atoms with Gasteiger partial charge in [0.1, 0.15) is 5.00 Å². The number of methoxy groups -OCH3 is 2. The minimum atomic E-state index is -0.557. The maximum atomic E-state index is 12.4. The van der Waals surface area contributed by atoms with E-state index in [1.165, 1.54) is 17.4 Å². The summed E-state index contributed by atoms with van der Waals surface area (Å²) in [6.07, 6.45) is 3.64. The lowest BCUT2D eigenvalue weighted by molar-refractivity contribution is -0.115. The summed E-state index contributed by atoms with van der Waals surface area (Å²) in [6.45, 7) is 1.85. The van der Waals surface area contributed by atoms with Crippen LogP contribution < -0.4 is 25.8 Å². The van der Waals surface area contributed by atoms with Gasteiger partial charge in [0.05, 0.1) is 19.8 Å². The van der Waals surface area contributed by atoms with E-state index in [9.17, 15) is 9.59 Å². The minimum absolute atomic E-state index is 0.0666. The molecule has 4 N–H and O–H groups in total. The van der Waals surface area contributed by atoms with Crippen molar-refractivity contribution < 1.29 is 19.1 Å². The summed E-state index contributed by atoms with van der Waals surface area (Å²) < 4.78 is 10.5. The molecule has 0 aliphatic rings. The maximum Gasteiger partial charge on any atom is 0.251 e. The minimum Gasteiger partial charge on any atom is -0.493 e. The van der Waals surface area contributed by atoms with E-state index in [1.807, 2.05) is 37.3 Å². The third-order valence-corrected chi connectivity index (χ3v) is 6.41. The molecule has 1 aromatic heterocycles. The van der Waals surface area contributed by atoms with E-state index in [2.05, 4.69) is 10.6 Å². The predicted octanol–water partition coefficient (Wildman–Crippen LogP) is 4.29. The quantitative estimate of drug-likeness (QED) is 0.318. The average Bonchev–Trinajstić information content (AvgIpc) is 3.12. The summed E-state index contributed by atoms with van der Waals surface area (Å²) in [5, 5.41) is 6.11. The first-order chi connectivity index (χ1) is 16.3. The Morgan fingerprint density at radius 1 is 1.09 bits per heavy atom. The first-order valence-electron chi connectivity index (χ1n) is 10.3. The molecule has 0 aliphatic heterocycles. The molecule has 3 aromatic rings. The van der Waals surface area contributed by atoms with Crippen LogP contribution in [-0.4, -0.2) is 31.1 Å². The molecule has 0 aliphatic carbocycles. The van der Waals surface area contributed by atoms with Crippen LogP contribution in [0.5, 0.6) is 11.5 Å². The van der Waals surface area contributed by atoms with Gasteiger partial charge in [0.2, 0.25) is 5.91 Å². The summed E-state index contributed by atoms with van der Waals surface area (Å²) in [6, 6.07) is 15.2. The molecule has 0 radical (unpaired) electrons. The van der Waals surface area contributed by atoms with Crippen LogP contribution in [0.3, 0.4) is 0 Å². The largest absolute Gasteiger partial charge is 0.493 e. The smallest absolute Gasteiger partial charge is 0.251 e. The number of primary amides is 1. The number of hydrogen-bond acceptors (Lipinski definition) is 6. The Hall–Kier alpha value is -3.69. The van der Waals surface area contributed by atoms with Crippen LogP contribution in [0.25, 0.3) is 6.08 Å². The molecular formula is C25H25N3O4S2. The van der Waals surface area contributed by atoms with E-state index in [0.29, 0.717) is 28.5 Å². The first kappa shape index (κ1) is 24.9. The number of carbonyl (C=O) groups is 2. The highest BCUT2D eigenvalue weighted by Gasteiger charge is 2.20. The Bertz CT molecular complexity index is 1240. The number of amides is 2. The highest BCUT2D eigenvalue weighted by Crippen LogP contribution is 2.34. The van der Waals surface area contributed by atoms with E-state index in [0.717, 1.165) is 21.6 Å². The topological polar surface area (TPSA) is 103 Å². The second-order valence-electron chi connectivity index (χ2n) is 7.27. The number of thiocarbonyl (C=S) groups is 1. The van der Waals surface area contributed by atoms with Crippen LogP contribution >= 0.6 is 23.6 Å². The lowest BCUT2D eigenvalue weighted by atomic mass is 10.1. The number of benzene rings is 2. The lowest BCUT2D eigenvalue weighted by Gasteiger charge is -2.08. The van der Waals surface area contributed by atoms with Crippen molar-refractivity contribution in [3.05, 3.63) is 81.7 Å². The standard InChI is InChI=1S/C25H25N3O4S2/c1-15-20(14-16-7-5-4-6-8-16)34-24(22(15)23(26)30)28-25(33)27-21(29)12-10-17-9-11-18(31-2)19(13-17)32-3/h4-13H,14H2,1-3H3,(H2,26,30)(H2,27,28,29,33). The number of nitrogens with two attached hydrogens (primary N) is 1. The normalized spacial score (nSPS) is 10.7. The van der Waals surface area contributed by atoms with Crippen molar-refractivity contribution in [3.8, 4) is 11.5 Å². The molecule has 0 atom stereocenters. The fraction of sp³-hybridized carbons (Fsp3) is 0.160. The Kier molecular flexibility index (Phi) is 8.39. The monoisotopic (exact) mass is 495 g/mol. The van der Waals surface area contributed by atoms with Gasteiger partial charge in [-0.3, -0.25) is 14.9 Å². The summed E-state index contributed by atoms with van der Waals surface area (Å²) >= 11 is 6.67. The second-order valence-corrected chi connectivity index (χ2v) is 8.79. The molecule has 34 heavy (non-hydrogen) atoms. The molecule has 3 rings (SSSR count). The van der Waals surface area contributed by atoms with Crippen LogP contribution in [0.4, 0.5) is 5.00 Å². The third kappa shape index (κ3) is 6.21. The number of rotatable bonds is 8. The van der Waals surface area contributed by atoms with Gasteiger partial charge in [-0.05, 0) is 54.0 Å². The number of thiophene rings is 1. The Balaban J connectivity index is 1.69. The first-order valence-corrected chi connectivity index (χ1v) is 11.5. The molecule has 0 saturated carbocycles. The van der Waals surface area contributed by atoms with Gasteiger partial charge in [-0.1, -0.05) is 36.4 Å². The highest BCUT2D eigenvalue weighted by molar-refractivity contribution is 7.80. The number of carbonyl (C=O) groups excluding carboxylic acids is 2. The van der Waals surface area contributed by atoms with Crippen molar-refractivity contribution in [2.75, 3.05) is 19.5 Å². The van der Waals surface area contributed by atoms with Crippen molar-refractivity contribution in [2.24, 2.45) is 5.73 Å². The number of hydrogen-bond donors (Lipinski definition) is 3. The molecule has 0 saturated heterocycles. The molecule has 1 heterocycles. The van der Waals surface area contributed by atoms with Crippen LogP contribution in [0.15, 0.2) is 54.6 Å². The van der Waals surface area contributed by atoms with Crippen LogP contribution in [0, 0.1) is 6.92 Å². The summed E-state index contributed by atoms with van der Waals surface area (Å²) in [4.78, 5) is 25.4. The van der Waals surface area contributed by atoms with Crippen molar-refractivity contribution in [3.63, 3.8) is 0 Å². The van der Waals surface area contributed by atoms with Gasteiger partial charge in [0, 0.05) is 17.4 Å². The van der Waals surface area contributed by atoms with Gasteiger partial charge in [-0.25, -0.2) is 0 Å². The molecule has 176 valence electrons. The zero-order valence-corrected chi connectivity index (χ0v) is 20.6. The zero-order chi connectivity index (χ0) is 24.7. The van der Waals surface area contributed by atoms with Crippen LogP contribution in [0.2, 0.25) is 0 Å². The van der Waals surface area contributed by atoms with E-state index in [-0.39, 0.29) is 5.11 Å². The lowest BCUT2D eigenvalue weighted by Crippen LogP contribution is -2.33. The van der Waals surface area contributed by atoms with E-state index in [4.69, 9.17) is 27.4 Å². The van der Waals surface area contributed by atoms with E-state index < -0.39 is 11.8 Å². The van der Waals surface area contributed by atoms with Gasteiger partial charge in [-0.15, -0.1) is 11.3 Å². The van der Waals surface area contributed by atoms with E-state index >= 15 is 0 Å². The second kappa shape index (κ2) is 11.4. The molecule has 9 heteroatoms. The number of ether oxygens (including phenoxy) is 2. The molecule has 0 bridgehead atoms. The van der Waals surface area contributed by atoms with Crippen molar-refractivity contribution in [1.82, 2.24) is 5.32 Å². The summed E-state index contributed by atoms with van der Waals surface area (Å²) in [7, 11) is 3.10. The van der Waals surface area contributed by atoms with Gasteiger partial charge in [0.25, 0.3) is 5.91 Å². The van der Waals surface area contributed by atoms with Crippen molar-refractivity contribution in [1.29, 1.82) is 0 Å². The molecule has 2 amide bonds. The fourth-order valence-corrected chi connectivity index (χ4v) is 4.83. The molecule has 0 unspecified atom stereocenters. The number of anilines is 1. The molecular weight excluding hydrogens is 470 g/mol. The predicted molar refractivity (Wildman–Crippen MR) is 140 cm³/mol. The number of nitrogens with one attached hydrogen (secondary N) is 2. The van der Waals surface area contributed by atoms with Gasteiger partial charge < -0.3 is 20.5 Å². The van der Waals surface area contributed by atoms with E-state index in [1.54, 1.807) is 38.5 Å². The molecule has 2 aromatic carbocycles. The van der Waals surface area contributed by atoms with Gasteiger partial charge >= 0.3 is 0 Å². The zero-order valence-electron chi connectivity index (χ0n) is 19.0. The highest BCUT2D eigenvalue weighted by atomic mass is 32.1. The summed E-state index contributed by atoms with van der Waals surface area (Å²) in [5.41, 5.74) is 8.66. The maximum absolute atomic E-state index is 12.4. The average molecular weight is 496 g/mol. The summed E-state index contributed by atoms with van der Waals surface area (Å²) in [5.74, 6) is 0.168. The molecule has 7 nitrogen and oxygen atoms in total. The fourth-order valence-electron chi connectivity index (χ4n) is 3.31. The van der Waals surface area contributed by atoms with Crippen LogP contribution in [-0.2, 0) is 11.2 Å². The van der Waals surface area contributed by atoms with Gasteiger partial charge in [0.15, 0.2) is 16.6 Å².